The molecule has 2 heteroatoms. The smallest absolute Gasteiger partial charge is 0.246 e. The fourth-order valence-corrected chi connectivity index (χ4v) is 4.37. The summed E-state index contributed by atoms with van der Waals surface area (Å²) in [7, 11) is 0. The first-order valence-electron chi connectivity index (χ1n) is 9.83. The summed E-state index contributed by atoms with van der Waals surface area (Å²) in [5.41, 5.74) is 10.4. The highest BCUT2D eigenvalue weighted by Gasteiger charge is 2.35. The first-order chi connectivity index (χ1) is 13.7. The van der Waals surface area contributed by atoms with E-state index in [1.54, 1.807) is 0 Å². The lowest BCUT2D eigenvalue weighted by atomic mass is 9.35. The molecule has 1 aliphatic heterocycles. The molecule has 0 aromatic heterocycles. The number of benzene rings is 4. The highest BCUT2D eigenvalue weighted by molar-refractivity contribution is 6.98. The number of nitrogens with zero attached hydrogens (tertiary/aromatic N) is 1. The fourth-order valence-electron chi connectivity index (χ4n) is 4.37. The number of hydrogen-bond acceptors (Lipinski definition) is 1. The van der Waals surface area contributed by atoms with E-state index in [2.05, 4.69) is 116 Å². The third kappa shape index (κ3) is 2.73. The zero-order valence-corrected chi connectivity index (χ0v) is 16.3. The van der Waals surface area contributed by atoms with Crippen LogP contribution >= 0.6 is 0 Å². The molecule has 0 unspecified atom stereocenters. The van der Waals surface area contributed by atoms with E-state index in [1.807, 2.05) is 0 Å². The lowest BCUT2D eigenvalue weighted by Crippen LogP contribution is -2.57. The van der Waals surface area contributed by atoms with Crippen molar-refractivity contribution in [1.82, 2.24) is 0 Å². The number of anilines is 3. The van der Waals surface area contributed by atoms with Gasteiger partial charge < -0.3 is 4.90 Å². The molecule has 1 aliphatic rings. The van der Waals surface area contributed by atoms with Crippen LogP contribution in [0.3, 0.4) is 0 Å². The average Bonchev–Trinajstić information content (AvgIpc) is 2.73. The Morgan fingerprint density at radius 3 is 1.61 bits per heavy atom. The van der Waals surface area contributed by atoms with Gasteiger partial charge in [-0.1, -0.05) is 89.4 Å². The molecular weight excluding hydrogens is 337 g/mol. The van der Waals surface area contributed by atoms with E-state index in [1.165, 1.54) is 44.6 Å². The molecule has 0 bridgehead atoms. The molecule has 0 spiro atoms. The number of para-hydroxylation sites is 1. The maximum atomic E-state index is 2.41. The summed E-state index contributed by atoms with van der Waals surface area (Å²) in [6, 6.07) is 35.3. The molecule has 0 saturated carbocycles. The molecule has 0 N–H and O–H groups in total. The molecule has 4 aromatic carbocycles. The van der Waals surface area contributed by atoms with Gasteiger partial charge in [0.15, 0.2) is 0 Å². The Morgan fingerprint density at radius 2 is 1.07 bits per heavy atom. The van der Waals surface area contributed by atoms with E-state index in [9.17, 15) is 0 Å². The normalized spacial score (nSPS) is 12.5. The van der Waals surface area contributed by atoms with E-state index >= 15 is 0 Å². The first-order valence-corrected chi connectivity index (χ1v) is 9.83. The topological polar surface area (TPSA) is 3.24 Å². The van der Waals surface area contributed by atoms with Crippen molar-refractivity contribution in [3.05, 3.63) is 108 Å². The van der Waals surface area contributed by atoms with E-state index in [-0.39, 0.29) is 6.71 Å². The largest absolute Gasteiger partial charge is 0.312 e. The molecule has 0 saturated heterocycles. The molecule has 1 nitrogen and oxygen atoms in total. The maximum absolute atomic E-state index is 2.41. The Kier molecular flexibility index (Phi) is 4.05. The van der Waals surface area contributed by atoms with Crippen LogP contribution in [0.25, 0.3) is 0 Å². The Labute approximate surface area is 167 Å². The predicted octanol–water partition coefficient (Wildman–Crippen LogP) is 4.60. The summed E-state index contributed by atoms with van der Waals surface area (Å²) in [6.07, 6.45) is 0. The van der Waals surface area contributed by atoms with Gasteiger partial charge >= 0.3 is 0 Å². The van der Waals surface area contributed by atoms with Crippen LogP contribution in [0.5, 0.6) is 0 Å². The van der Waals surface area contributed by atoms with Gasteiger partial charge in [0.1, 0.15) is 0 Å². The standard InChI is InChI=1S/C26H22BN/c1-19-13-15-25-23(17-19)27(21-9-5-3-6-10-21)24-18-20(2)14-16-26(24)28(25)22-11-7-4-8-12-22/h3-18H,1-2H3. The third-order valence-corrected chi connectivity index (χ3v) is 5.62. The Bertz CT molecular complexity index is 1080. The van der Waals surface area contributed by atoms with Crippen LogP contribution in [0.1, 0.15) is 11.1 Å². The van der Waals surface area contributed by atoms with E-state index in [0.29, 0.717) is 0 Å². The van der Waals surface area contributed by atoms with Crippen LogP contribution < -0.4 is 21.3 Å². The predicted molar refractivity (Wildman–Crippen MR) is 122 cm³/mol. The van der Waals surface area contributed by atoms with Crippen LogP contribution in [0.15, 0.2) is 97.1 Å². The van der Waals surface area contributed by atoms with Crippen LogP contribution in [-0.2, 0) is 0 Å². The second-order valence-corrected chi connectivity index (χ2v) is 7.64. The minimum absolute atomic E-state index is 0.242. The molecule has 28 heavy (non-hydrogen) atoms. The van der Waals surface area contributed by atoms with Crippen LogP contribution in [-0.4, -0.2) is 6.71 Å². The van der Waals surface area contributed by atoms with Crippen molar-refractivity contribution < 1.29 is 0 Å². The van der Waals surface area contributed by atoms with Gasteiger partial charge in [0.05, 0.1) is 0 Å². The lowest BCUT2D eigenvalue weighted by Gasteiger charge is -2.37. The second kappa shape index (κ2) is 6.72. The van der Waals surface area contributed by atoms with Crippen molar-refractivity contribution >= 4 is 40.2 Å². The molecule has 0 radical (unpaired) electrons. The molecule has 0 fully saturated rings. The van der Waals surface area contributed by atoms with Crippen LogP contribution in [0.2, 0.25) is 0 Å². The highest BCUT2D eigenvalue weighted by atomic mass is 15.1. The van der Waals surface area contributed by atoms with Crippen molar-refractivity contribution in [1.29, 1.82) is 0 Å². The zero-order chi connectivity index (χ0) is 19.1. The van der Waals surface area contributed by atoms with E-state index < -0.39 is 0 Å². The van der Waals surface area contributed by atoms with Gasteiger partial charge in [0.25, 0.3) is 0 Å². The summed E-state index contributed by atoms with van der Waals surface area (Å²) < 4.78 is 0. The van der Waals surface area contributed by atoms with Crippen LogP contribution in [0, 0.1) is 13.8 Å². The van der Waals surface area contributed by atoms with Gasteiger partial charge in [-0.2, -0.15) is 0 Å². The van der Waals surface area contributed by atoms with Crippen molar-refractivity contribution in [2.24, 2.45) is 0 Å². The van der Waals surface area contributed by atoms with Crippen molar-refractivity contribution in [3.63, 3.8) is 0 Å². The second-order valence-electron chi connectivity index (χ2n) is 7.64. The molecular formula is C26H22BN. The molecule has 0 aliphatic carbocycles. The highest BCUT2D eigenvalue weighted by Crippen LogP contribution is 2.36. The van der Waals surface area contributed by atoms with Crippen LogP contribution in [0.4, 0.5) is 17.1 Å². The number of rotatable bonds is 2. The number of fused-ring (bicyclic) bond motifs is 2. The van der Waals surface area contributed by atoms with Crippen molar-refractivity contribution in [3.8, 4) is 0 Å². The lowest BCUT2D eigenvalue weighted by molar-refractivity contribution is 1.28. The Hall–Kier alpha value is -3.26. The van der Waals surface area contributed by atoms with Crippen molar-refractivity contribution in [2.75, 3.05) is 4.90 Å². The average molecular weight is 359 g/mol. The first kappa shape index (κ1) is 16.9. The summed E-state index contributed by atoms with van der Waals surface area (Å²) in [6.45, 7) is 4.60. The molecule has 0 atom stereocenters. The number of hydrogen-bond donors (Lipinski definition) is 0. The summed E-state index contributed by atoms with van der Waals surface area (Å²) >= 11 is 0. The molecule has 1 heterocycles. The number of aryl methyl sites for hydroxylation is 2. The summed E-state index contributed by atoms with van der Waals surface area (Å²) in [4.78, 5) is 2.41. The van der Waals surface area contributed by atoms with Gasteiger partial charge in [-0.25, -0.2) is 0 Å². The van der Waals surface area contributed by atoms with Gasteiger partial charge in [-0.15, -0.1) is 0 Å². The Balaban J connectivity index is 1.84. The van der Waals surface area contributed by atoms with Gasteiger partial charge in [0, 0.05) is 17.1 Å². The summed E-state index contributed by atoms with van der Waals surface area (Å²) in [5.74, 6) is 0. The minimum Gasteiger partial charge on any atom is -0.312 e. The molecule has 0 amide bonds. The monoisotopic (exact) mass is 359 g/mol. The Morgan fingerprint density at radius 1 is 0.571 bits per heavy atom. The van der Waals surface area contributed by atoms with Gasteiger partial charge in [0.2, 0.25) is 6.71 Å². The quantitative estimate of drug-likeness (QED) is 0.416. The SMILES string of the molecule is Cc1ccc2c(c1)B(c1ccccc1)c1cc(C)ccc1N2c1ccccc1. The minimum atomic E-state index is 0.242. The van der Waals surface area contributed by atoms with Gasteiger partial charge in [-0.3, -0.25) is 0 Å². The maximum Gasteiger partial charge on any atom is 0.246 e. The van der Waals surface area contributed by atoms with Gasteiger partial charge in [-0.05, 0) is 49.0 Å². The van der Waals surface area contributed by atoms with Crippen molar-refractivity contribution in [2.45, 2.75) is 13.8 Å². The molecule has 5 rings (SSSR count). The third-order valence-electron chi connectivity index (χ3n) is 5.62. The fraction of sp³-hybridized carbons (Fsp3) is 0.0769. The van der Waals surface area contributed by atoms with E-state index in [4.69, 9.17) is 0 Å². The van der Waals surface area contributed by atoms with E-state index in [0.717, 1.165) is 0 Å². The zero-order valence-electron chi connectivity index (χ0n) is 16.3. The molecule has 4 aromatic rings. The summed E-state index contributed by atoms with van der Waals surface area (Å²) in [5, 5.41) is 0. The molecule has 134 valence electrons.